The number of aromatic amines is 1. The number of aryl methyl sites for hydroxylation is 1. The average Bonchev–Trinajstić information content (AvgIpc) is 3.42. The maximum absolute atomic E-state index is 13.9. The lowest BCUT2D eigenvalue weighted by atomic mass is 9.72. The summed E-state index contributed by atoms with van der Waals surface area (Å²) >= 11 is 0. The number of H-pyrrole nitrogens is 1. The Balaban J connectivity index is 1.34. The highest BCUT2D eigenvalue weighted by Crippen LogP contribution is 2.42. The lowest BCUT2D eigenvalue weighted by Crippen LogP contribution is -2.24. The van der Waals surface area contributed by atoms with E-state index in [0.717, 1.165) is 61.3 Å². The van der Waals surface area contributed by atoms with Gasteiger partial charge in [-0.3, -0.25) is 0 Å². The van der Waals surface area contributed by atoms with E-state index in [-0.39, 0.29) is 5.82 Å². The van der Waals surface area contributed by atoms with Crippen LogP contribution in [0.4, 0.5) is 4.39 Å². The van der Waals surface area contributed by atoms with Crippen molar-refractivity contribution in [3.8, 4) is 16.9 Å². The quantitative estimate of drug-likeness (QED) is 0.219. The smallest absolute Gasteiger partial charge is 0.123 e. The second-order valence-corrected chi connectivity index (χ2v) is 13.9. The summed E-state index contributed by atoms with van der Waals surface area (Å²) in [6.07, 6.45) is 7.51. The summed E-state index contributed by atoms with van der Waals surface area (Å²) in [7, 11) is 0. The molecule has 1 aliphatic heterocycles. The number of imidazole rings is 1. The van der Waals surface area contributed by atoms with Gasteiger partial charge in [0.2, 0.25) is 0 Å². The summed E-state index contributed by atoms with van der Waals surface area (Å²) in [6.45, 7) is 16.7. The molecule has 0 amide bonds. The highest BCUT2D eigenvalue weighted by molar-refractivity contribution is 5.82. The van der Waals surface area contributed by atoms with Crippen LogP contribution in [0.1, 0.15) is 77.8 Å². The zero-order chi connectivity index (χ0) is 32.5. The summed E-state index contributed by atoms with van der Waals surface area (Å²) in [5, 5.41) is 0. The van der Waals surface area contributed by atoms with Crippen LogP contribution in [0, 0.1) is 36.4 Å². The summed E-state index contributed by atoms with van der Waals surface area (Å²) in [6, 6.07) is 20.3. The molecule has 1 aliphatic carbocycles. The second kappa shape index (κ2) is 13.4. The Labute approximate surface area is 274 Å². The predicted molar refractivity (Wildman–Crippen MR) is 190 cm³/mol. The fourth-order valence-electron chi connectivity index (χ4n) is 7.70. The van der Waals surface area contributed by atoms with Crippen LogP contribution < -0.4 is 4.74 Å². The van der Waals surface area contributed by atoms with Gasteiger partial charge in [0.1, 0.15) is 17.4 Å². The fraction of sp³-hybridized carbons (Fsp3) is 0.405. The predicted octanol–water partition coefficient (Wildman–Crippen LogP) is 11.1. The number of fused-ring (bicyclic) bond motifs is 2. The molecule has 0 bridgehead atoms. The Morgan fingerprint density at radius 1 is 0.935 bits per heavy atom. The van der Waals surface area contributed by atoms with Crippen LogP contribution in [0.25, 0.3) is 22.2 Å². The number of hydrogen-bond donors (Lipinski definition) is 1. The van der Waals surface area contributed by atoms with Gasteiger partial charge >= 0.3 is 0 Å². The molecular formula is C42H49FN2O. The van der Waals surface area contributed by atoms with Gasteiger partial charge in [-0.25, -0.2) is 9.37 Å². The lowest BCUT2D eigenvalue weighted by Gasteiger charge is -2.34. The Hall–Kier alpha value is -3.92. The largest absolute Gasteiger partial charge is 0.493 e. The third-order valence-corrected chi connectivity index (χ3v) is 11.0. The average molecular weight is 617 g/mol. The SMILES string of the molecule is CCC1C=C(C)C(C)C(C)=C(C)C(Cc2ccc(F)cc2)=C1CC1CCOc2ccc(-c3ccc4nc(C)[nH]c4c3)cc2CC1C. The fourth-order valence-corrected chi connectivity index (χ4v) is 7.70. The van der Waals surface area contributed by atoms with Gasteiger partial charge in [-0.1, -0.05) is 67.8 Å². The minimum Gasteiger partial charge on any atom is -0.493 e. The first-order valence-corrected chi connectivity index (χ1v) is 17.2. The molecule has 1 N–H and O–H groups in total. The van der Waals surface area contributed by atoms with Crippen LogP contribution in [0.2, 0.25) is 0 Å². The molecule has 0 fully saturated rings. The van der Waals surface area contributed by atoms with Crippen LogP contribution in [0.15, 0.2) is 94.6 Å². The van der Waals surface area contributed by atoms with Gasteiger partial charge in [-0.05, 0) is 153 Å². The van der Waals surface area contributed by atoms with Gasteiger partial charge in [0.15, 0.2) is 0 Å². The van der Waals surface area contributed by atoms with Gasteiger partial charge in [0, 0.05) is 0 Å². The molecule has 4 atom stereocenters. The normalized spacial score (nSPS) is 22.5. The van der Waals surface area contributed by atoms with Crippen molar-refractivity contribution in [2.45, 2.75) is 80.6 Å². The third kappa shape index (κ3) is 6.63. The van der Waals surface area contributed by atoms with E-state index in [1.54, 1.807) is 17.7 Å². The molecule has 3 aromatic carbocycles. The Morgan fingerprint density at radius 2 is 1.67 bits per heavy atom. The minimum absolute atomic E-state index is 0.179. The number of rotatable bonds is 6. The maximum atomic E-state index is 13.9. The van der Waals surface area contributed by atoms with Crippen molar-refractivity contribution in [2.75, 3.05) is 6.61 Å². The number of nitrogens with one attached hydrogen (secondary N) is 1. The van der Waals surface area contributed by atoms with Crippen LogP contribution >= 0.6 is 0 Å². The Morgan fingerprint density at radius 3 is 2.43 bits per heavy atom. The van der Waals surface area contributed by atoms with Crippen molar-refractivity contribution in [3.63, 3.8) is 0 Å². The molecular weight excluding hydrogens is 567 g/mol. The zero-order valence-electron chi connectivity index (χ0n) is 28.6. The van der Waals surface area contributed by atoms with E-state index in [9.17, 15) is 4.39 Å². The van der Waals surface area contributed by atoms with Crippen molar-refractivity contribution >= 4 is 11.0 Å². The van der Waals surface area contributed by atoms with Crippen molar-refractivity contribution < 1.29 is 9.13 Å². The number of benzene rings is 3. The number of nitrogens with zero attached hydrogens (tertiary/aromatic N) is 1. The summed E-state index contributed by atoms with van der Waals surface area (Å²) in [5.41, 5.74) is 14.3. The molecule has 46 heavy (non-hydrogen) atoms. The standard InChI is InChI=1S/C42H49FN2O/c1-8-32-19-25(2)27(4)28(5)29(6)38(21-31-9-13-37(43)14-10-31)39(32)23-33-17-18-46-42-16-12-34(22-36(42)20-26(33)3)35-11-15-40-41(24-35)45-30(7)44-40/h9-16,19,22,24,26-27,32-33H,8,17-18,20-21,23H2,1-7H3,(H,44,45). The molecule has 2 aliphatic rings. The van der Waals surface area contributed by atoms with E-state index in [0.29, 0.717) is 23.7 Å². The molecule has 2 heterocycles. The molecule has 0 saturated heterocycles. The van der Waals surface area contributed by atoms with Crippen molar-refractivity contribution in [1.82, 2.24) is 9.97 Å². The minimum atomic E-state index is -0.179. The van der Waals surface area contributed by atoms with Crippen LogP contribution in [0.5, 0.6) is 5.75 Å². The molecule has 0 spiro atoms. The molecule has 4 heteroatoms. The van der Waals surface area contributed by atoms with Crippen LogP contribution in [-0.2, 0) is 12.8 Å². The van der Waals surface area contributed by atoms with E-state index in [4.69, 9.17) is 4.74 Å². The van der Waals surface area contributed by atoms with Gasteiger partial charge in [0.25, 0.3) is 0 Å². The number of allylic oxidation sites excluding steroid dienone is 6. The topological polar surface area (TPSA) is 37.9 Å². The van der Waals surface area contributed by atoms with Gasteiger partial charge in [-0.2, -0.15) is 0 Å². The lowest BCUT2D eigenvalue weighted by molar-refractivity contribution is 0.219. The number of halogens is 1. The molecule has 1 aromatic heterocycles. The molecule has 3 nitrogen and oxygen atoms in total. The zero-order valence-corrected chi connectivity index (χ0v) is 28.6. The highest BCUT2D eigenvalue weighted by atomic mass is 19.1. The summed E-state index contributed by atoms with van der Waals surface area (Å²) in [5.74, 6) is 3.56. The van der Waals surface area contributed by atoms with Gasteiger partial charge in [0.05, 0.1) is 17.6 Å². The first-order valence-electron chi connectivity index (χ1n) is 17.2. The second-order valence-electron chi connectivity index (χ2n) is 13.9. The van der Waals surface area contributed by atoms with Gasteiger partial charge < -0.3 is 9.72 Å². The highest BCUT2D eigenvalue weighted by Gasteiger charge is 2.29. The molecule has 4 unspecified atom stereocenters. The Kier molecular flexibility index (Phi) is 9.36. The molecule has 0 saturated carbocycles. The molecule has 240 valence electrons. The van der Waals surface area contributed by atoms with E-state index >= 15 is 0 Å². The maximum Gasteiger partial charge on any atom is 0.123 e. The van der Waals surface area contributed by atoms with Crippen LogP contribution in [0.3, 0.4) is 0 Å². The Bertz CT molecular complexity index is 1820. The van der Waals surface area contributed by atoms with Gasteiger partial charge in [-0.15, -0.1) is 0 Å². The summed E-state index contributed by atoms with van der Waals surface area (Å²) < 4.78 is 20.4. The van der Waals surface area contributed by atoms with E-state index in [1.807, 2.05) is 19.1 Å². The summed E-state index contributed by atoms with van der Waals surface area (Å²) in [4.78, 5) is 7.96. The molecule has 6 rings (SSSR count). The molecule has 4 aromatic rings. The van der Waals surface area contributed by atoms with Crippen molar-refractivity contribution in [2.24, 2.45) is 23.7 Å². The van der Waals surface area contributed by atoms with Crippen LogP contribution in [-0.4, -0.2) is 16.6 Å². The molecule has 0 radical (unpaired) electrons. The number of aromatic nitrogens is 2. The third-order valence-electron chi connectivity index (χ3n) is 11.0. The van der Waals surface area contributed by atoms with E-state index in [1.165, 1.54) is 44.5 Å². The van der Waals surface area contributed by atoms with Crippen molar-refractivity contribution in [1.29, 1.82) is 0 Å². The van der Waals surface area contributed by atoms with E-state index in [2.05, 4.69) is 94.0 Å². The first-order chi connectivity index (χ1) is 22.1. The monoisotopic (exact) mass is 616 g/mol. The number of hydrogen-bond acceptors (Lipinski definition) is 2. The van der Waals surface area contributed by atoms with E-state index < -0.39 is 0 Å². The first kappa shape index (κ1) is 32.0. The van der Waals surface area contributed by atoms with Crippen molar-refractivity contribution in [3.05, 3.63) is 117 Å². The number of ether oxygens (including phenoxy) is 1.